The Hall–Kier alpha value is -3.64. The molecule has 1 N–H and O–H groups in total. The summed E-state index contributed by atoms with van der Waals surface area (Å²) in [5, 5.41) is 5.82. The van der Waals surface area contributed by atoms with Crippen LogP contribution < -0.4 is 5.32 Å². The zero-order valence-corrected chi connectivity index (χ0v) is 21.1. The number of carbonyl (C=O) groups excluding carboxylic acids is 1. The highest BCUT2D eigenvalue weighted by atomic mass is 19.4. The molecule has 0 aromatic heterocycles. The van der Waals surface area contributed by atoms with Gasteiger partial charge in [0.1, 0.15) is 0 Å². The average molecular weight is 505 g/mol. The van der Waals surface area contributed by atoms with E-state index in [0.717, 1.165) is 23.3 Å². The van der Waals surface area contributed by atoms with Crippen LogP contribution in [-0.4, -0.2) is 17.4 Å². The molecule has 0 aliphatic carbocycles. The first-order valence-electron chi connectivity index (χ1n) is 12.4. The summed E-state index contributed by atoms with van der Waals surface area (Å²) in [7, 11) is 0. The lowest BCUT2D eigenvalue weighted by molar-refractivity contribution is -0.137. The van der Waals surface area contributed by atoms with Crippen LogP contribution in [0.2, 0.25) is 0 Å². The minimum Gasteiger partial charge on any atom is -0.334 e. The van der Waals surface area contributed by atoms with Crippen molar-refractivity contribution in [3.8, 4) is 0 Å². The zero-order chi connectivity index (χ0) is 26.4. The molecule has 4 rings (SSSR count). The molecule has 1 atom stereocenters. The number of amides is 1. The van der Waals surface area contributed by atoms with Crippen LogP contribution in [0, 0.1) is 6.92 Å². The molecule has 1 amide bonds. The Morgan fingerprint density at radius 2 is 1.43 bits per heavy atom. The number of hydrogen-bond acceptors (Lipinski definition) is 2. The minimum atomic E-state index is -4.39. The number of carbonyl (C=O) groups is 1. The van der Waals surface area contributed by atoms with Crippen molar-refractivity contribution >= 4 is 16.7 Å². The number of aryl methyl sites for hydroxylation is 1. The van der Waals surface area contributed by atoms with E-state index in [9.17, 15) is 18.0 Å². The molecule has 0 saturated carbocycles. The van der Waals surface area contributed by atoms with Crippen LogP contribution in [0.1, 0.15) is 47.2 Å². The first-order chi connectivity index (χ1) is 17.7. The molecule has 0 aliphatic rings. The van der Waals surface area contributed by atoms with Crippen molar-refractivity contribution in [3.05, 3.63) is 119 Å². The van der Waals surface area contributed by atoms with Gasteiger partial charge < -0.3 is 10.2 Å². The molecule has 4 aromatic carbocycles. The molecular weight excluding hydrogens is 473 g/mol. The standard InChI is InChI=1S/C31H31F3N2O/c1-22-10-12-24(13-11-22)20-36(21-25-14-16-27(17-15-25)31(32,33)34)30(37)18-19-35-23(2)28-9-5-7-26-6-3-4-8-29(26)28/h3-17,23,35H,18-21H2,1-2H3. The van der Waals surface area contributed by atoms with E-state index in [1.165, 1.54) is 28.5 Å². The molecule has 192 valence electrons. The first-order valence-corrected chi connectivity index (χ1v) is 12.4. The van der Waals surface area contributed by atoms with Gasteiger partial charge in [-0.2, -0.15) is 13.2 Å². The number of fused-ring (bicyclic) bond motifs is 1. The Balaban J connectivity index is 1.43. The van der Waals surface area contributed by atoms with Crippen molar-refractivity contribution in [1.82, 2.24) is 10.2 Å². The monoisotopic (exact) mass is 504 g/mol. The van der Waals surface area contributed by atoms with E-state index in [0.29, 0.717) is 18.7 Å². The second-order valence-electron chi connectivity index (χ2n) is 9.42. The van der Waals surface area contributed by atoms with Crippen LogP contribution in [0.15, 0.2) is 91.0 Å². The summed E-state index contributed by atoms with van der Waals surface area (Å²) in [5.74, 6) is -0.0573. The molecule has 0 fully saturated rings. The lowest BCUT2D eigenvalue weighted by Crippen LogP contribution is -2.33. The normalized spacial score (nSPS) is 12.5. The molecule has 37 heavy (non-hydrogen) atoms. The Morgan fingerprint density at radius 3 is 2.08 bits per heavy atom. The molecule has 0 heterocycles. The van der Waals surface area contributed by atoms with E-state index in [1.54, 1.807) is 4.90 Å². The maximum absolute atomic E-state index is 13.3. The molecular formula is C31H31F3N2O. The molecule has 1 unspecified atom stereocenters. The van der Waals surface area contributed by atoms with Gasteiger partial charge in [-0.1, -0.05) is 84.4 Å². The lowest BCUT2D eigenvalue weighted by Gasteiger charge is -2.24. The van der Waals surface area contributed by atoms with Gasteiger partial charge in [0, 0.05) is 32.1 Å². The number of nitrogens with zero attached hydrogens (tertiary/aromatic N) is 1. The van der Waals surface area contributed by atoms with Crippen LogP contribution in [0.25, 0.3) is 10.8 Å². The highest BCUT2D eigenvalue weighted by molar-refractivity contribution is 5.86. The number of alkyl halides is 3. The molecule has 0 saturated heterocycles. The van der Waals surface area contributed by atoms with E-state index in [-0.39, 0.29) is 24.9 Å². The molecule has 6 heteroatoms. The van der Waals surface area contributed by atoms with Crippen molar-refractivity contribution in [2.75, 3.05) is 6.54 Å². The highest BCUT2D eigenvalue weighted by Gasteiger charge is 2.30. The van der Waals surface area contributed by atoms with Crippen molar-refractivity contribution < 1.29 is 18.0 Å². The summed E-state index contributed by atoms with van der Waals surface area (Å²) in [6, 6.07) is 27.4. The number of hydrogen-bond donors (Lipinski definition) is 1. The van der Waals surface area contributed by atoms with Gasteiger partial charge in [0.15, 0.2) is 0 Å². The van der Waals surface area contributed by atoms with Gasteiger partial charge in [-0.05, 0) is 53.4 Å². The summed E-state index contributed by atoms with van der Waals surface area (Å²) < 4.78 is 38.9. The zero-order valence-electron chi connectivity index (χ0n) is 21.1. The molecule has 4 aromatic rings. The maximum Gasteiger partial charge on any atom is 0.416 e. The second-order valence-corrected chi connectivity index (χ2v) is 9.42. The third kappa shape index (κ3) is 6.98. The summed E-state index contributed by atoms with van der Waals surface area (Å²) >= 11 is 0. The van der Waals surface area contributed by atoms with Crippen LogP contribution in [0.4, 0.5) is 13.2 Å². The second kappa shape index (κ2) is 11.6. The quantitative estimate of drug-likeness (QED) is 0.257. The fourth-order valence-corrected chi connectivity index (χ4v) is 4.46. The minimum absolute atomic E-state index is 0.0550. The predicted octanol–water partition coefficient (Wildman–Crippen LogP) is 7.44. The fraction of sp³-hybridized carbons (Fsp3) is 0.258. The van der Waals surface area contributed by atoms with Crippen molar-refractivity contribution in [3.63, 3.8) is 0 Å². The van der Waals surface area contributed by atoms with E-state index < -0.39 is 11.7 Å². The molecule has 0 bridgehead atoms. The van der Waals surface area contributed by atoms with Crippen LogP contribution in [0.3, 0.4) is 0 Å². The number of benzene rings is 4. The van der Waals surface area contributed by atoms with Gasteiger partial charge in [-0.15, -0.1) is 0 Å². The first kappa shape index (κ1) is 26.4. The lowest BCUT2D eigenvalue weighted by atomic mass is 9.99. The smallest absolute Gasteiger partial charge is 0.334 e. The molecule has 0 aliphatic heterocycles. The van der Waals surface area contributed by atoms with Gasteiger partial charge in [0.25, 0.3) is 0 Å². The van der Waals surface area contributed by atoms with Gasteiger partial charge >= 0.3 is 6.18 Å². The third-order valence-electron chi connectivity index (χ3n) is 6.58. The van der Waals surface area contributed by atoms with E-state index in [2.05, 4.69) is 36.5 Å². The topological polar surface area (TPSA) is 32.3 Å². The van der Waals surface area contributed by atoms with Crippen LogP contribution >= 0.6 is 0 Å². The number of rotatable bonds is 9. The number of nitrogens with one attached hydrogen (secondary N) is 1. The Morgan fingerprint density at radius 1 is 0.838 bits per heavy atom. The molecule has 0 spiro atoms. The average Bonchev–Trinajstić information content (AvgIpc) is 2.89. The summed E-state index contributed by atoms with van der Waals surface area (Å²) in [5.41, 5.74) is 3.23. The van der Waals surface area contributed by atoms with E-state index >= 15 is 0 Å². The van der Waals surface area contributed by atoms with Gasteiger partial charge in [-0.25, -0.2) is 0 Å². The molecule has 0 radical (unpaired) electrons. The van der Waals surface area contributed by atoms with Crippen LogP contribution in [-0.2, 0) is 24.1 Å². The Bertz CT molecular complexity index is 1330. The highest BCUT2D eigenvalue weighted by Crippen LogP contribution is 2.29. The van der Waals surface area contributed by atoms with Crippen molar-refractivity contribution in [1.29, 1.82) is 0 Å². The van der Waals surface area contributed by atoms with Gasteiger partial charge in [0.2, 0.25) is 5.91 Å². The van der Waals surface area contributed by atoms with E-state index in [4.69, 9.17) is 0 Å². The Labute approximate surface area is 215 Å². The SMILES string of the molecule is Cc1ccc(CN(Cc2ccc(C(F)(F)F)cc2)C(=O)CCNC(C)c2cccc3ccccc23)cc1. The number of halogens is 3. The largest absolute Gasteiger partial charge is 0.416 e. The fourth-order valence-electron chi connectivity index (χ4n) is 4.46. The maximum atomic E-state index is 13.3. The summed E-state index contributed by atoms with van der Waals surface area (Å²) in [6.07, 6.45) is -4.11. The van der Waals surface area contributed by atoms with Crippen molar-refractivity contribution in [2.24, 2.45) is 0 Å². The Kier molecular flexibility index (Phi) is 8.29. The predicted molar refractivity (Wildman–Crippen MR) is 142 cm³/mol. The third-order valence-corrected chi connectivity index (χ3v) is 6.58. The van der Waals surface area contributed by atoms with E-state index in [1.807, 2.05) is 49.4 Å². The van der Waals surface area contributed by atoms with Gasteiger partial charge in [-0.3, -0.25) is 4.79 Å². The summed E-state index contributed by atoms with van der Waals surface area (Å²) in [6.45, 7) is 5.19. The van der Waals surface area contributed by atoms with Gasteiger partial charge in [0.05, 0.1) is 5.56 Å². The molecule has 3 nitrogen and oxygen atoms in total. The summed E-state index contributed by atoms with van der Waals surface area (Å²) in [4.78, 5) is 15.0. The van der Waals surface area contributed by atoms with Crippen LogP contribution in [0.5, 0.6) is 0 Å². The van der Waals surface area contributed by atoms with Crippen molar-refractivity contribution in [2.45, 2.75) is 45.6 Å².